The Labute approximate surface area is 92.2 Å². The molecule has 15 heavy (non-hydrogen) atoms. The summed E-state index contributed by atoms with van der Waals surface area (Å²) in [6.07, 6.45) is 1.49. The summed E-state index contributed by atoms with van der Waals surface area (Å²) < 4.78 is 26.8. The summed E-state index contributed by atoms with van der Waals surface area (Å²) in [7, 11) is 0. The predicted molar refractivity (Wildman–Crippen MR) is 56.1 cm³/mol. The molecule has 1 aromatic rings. The predicted octanol–water partition coefficient (Wildman–Crippen LogP) is 3.40. The van der Waals surface area contributed by atoms with Crippen molar-refractivity contribution >= 4 is 11.6 Å². The largest absolute Gasteiger partial charge is 0.321 e. The number of benzene rings is 1. The summed E-state index contributed by atoms with van der Waals surface area (Å²) in [5.74, 6) is -2.94. The van der Waals surface area contributed by atoms with Crippen LogP contribution in [0, 0.1) is 0 Å². The van der Waals surface area contributed by atoms with Crippen LogP contribution in [0.15, 0.2) is 18.2 Å². The fourth-order valence-electron chi connectivity index (χ4n) is 1.79. The van der Waals surface area contributed by atoms with Gasteiger partial charge in [0.05, 0.1) is 5.02 Å². The number of hydrogen-bond acceptors (Lipinski definition) is 1. The van der Waals surface area contributed by atoms with E-state index in [4.69, 9.17) is 17.3 Å². The van der Waals surface area contributed by atoms with Gasteiger partial charge in [-0.05, 0) is 24.5 Å². The van der Waals surface area contributed by atoms with E-state index in [0.717, 1.165) is 19.8 Å². The highest BCUT2D eigenvalue weighted by Crippen LogP contribution is 2.48. The summed E-state index contributed by atoms with van der Waals surface area (Å²) in [5, 5.41) is 0.0942. The van der Waals surface area contributed by atoms with Crippen molar-refractivity contribution in [1.29, 1.82) is 0 Å². The van der Waals surface area contributed by atoms with Gasteiger partial charge in [0.15, 0.2) is 0 Å². The van der Waals surface area contributed by atoms with E-state index in [1.165, 1.54) is 6.07 Å². The van der Waals surface area contributed by atoms with Crippen molar-refractivity contribution in [3.63, 3.8) is 0 Å². The van der Waals surface area contributed by atoms with Crippen molar-refractivity contribution in [2.24, 2.45) is 5.73 Å². The normalized spacial score (nSPS) is 19.0. The van der Waals surface area contributed by atoms with Gasteiger partial charge in [-0.1, -0.05) is 23.7 Å². The Morgan fingerprint density at radius 3 is 2.47 bits per heavy atom. The molecule has 0 bridgehead atoms. The van der Waals surface area contributed by atoms with Gasteiger partial charge in [0.1, 0.15) is 0 Å². The van der Waals surface area contributed by atoms with Crippen molar-refractivity contribution < 1.29 is 8.78 Å². The zero-order valence-electron chi connectivity index (χ0n) is 8.36. The van der Waals surface area contributed by atoms with Crippen LogP contribution < -0.4 is 5.73 Å². The lowest BCUT2D eigenvalue weighted by Gasteiger charge is -2.21. The second-order valence-corrected chi connectivity index (χ2v) is 4.61. The van der Waals surface area contributed by atoms with Crippen LogP contribution in [-0.2, 0) is 11.5 Å². The van der Waals surface area contributed by atoms with Gasteiger partial charge in [0.25, 0.3) is 5.92 Å². The Bertz CT molecular complexity index is 394. The van der Waals surface area contributed by atoms with Crippen molar-refractivity contribution in [3.8, 4) is 0 Å². The van der Waals surface area contributed by atoms with E-state index in [2.05, 4.69) is 0 Å². The zero-order chi connectivity index (χ0) is 11.3. The topological polar surface area (TPSA) is 26.0 Å². The Morgan fingerprint density at radius 2 is 2.00 bits per heavy atom. The Balaban J connectivity index is 2.60. The molecule has 2 N–H and O–H groups in total. The maximum absolute atomic E-state index is 13.4. The fraction of sp³-hybridized carbons (Fsp3) is 0.455. The summed E-state index contributed by atoms with van der Waals surface area (Å²) in [6.45, 7) is 0.851. The van der Waals surface area contributed by atoms with E-state index in [0.29, 0.717) is 5.56 Å². The molecule has 4 heteroatoms. The molecule has 0 amide bonds. The number of nitrogens with two attached hydrogens (primary N) is 1. The first kappa shape index (κ1) is 10.8. The molecule has 0 heterocycles. The van der Waals surface area contributed by atoms with Crippen LogP contribution >= 0.6 is 11.6 Å². The summed E-state index contributed by atoms with van der Waals surface area (Å²) >= 11 is 5.81. The van der Waals surface area contributed by atoms with Crippen LogP contribution in [0.2, 0.25) is 5.02 Å². The van der Waals surface area contributed by atoms with Crippen LogP contribution in [-0.4, -0.2) is 0 Å². The molecule has 1 aliphatic rings. The summed E-state index contributed by atoms with van der Waals surface area (Å²) in [6, 6.07) is 4.79. The molecule has 0 saturated heterocycles. The minimum atomic E-state index is -2.94. The molecular formula is C11H12ClF2N. The highest BCUT2D eigenvalue weighted by atomic mass is 35.5. The second-order valence-electron chi connectivity index (χ2n) is 4.21. The highest BCUT2D eigenvalue weighted by molar-refractivity contribution is 6.31. The Kier molecular flexibility index (Phi) is 2.28. The standard InChI is InChI=1S/C11H12ClF2N/c1-10(13,14)9-7(11(15)5-6-11)3-2-4-8(9)12/h2-4H,5-6,15H2,1H3. The maximum atomic E-state index is 13.4. The quantitative estimate of drug-likeness (QED) is 0.830. The van der Waals surface area contributed by atoms with Crippen molar-refractivity contribution in [3.05, 3.63) is 34.3 Å². The lowest BCUT2D eigenvalue weighted by Crippen LogP contribution is -2.24. The van der Waals surface area contributed by atoms with Gasteiger partial charge in [-0.2, -0.15) is 0 Å². The van der Waals surface area contributed by atoms with Crippen molar-refractivity contribution in [2.45, 2.75) is 31.2 Å². The molecule has 1 nitrogen and oxygen atoms in total. The smallest absolute Gasteiger partial charge is 0.272 e. The van der Waals surface area contributed by atoms with Gasteiger partial charge in [-0.25, -0.2) is 8.78 Å². The van der Waals surface area contributed by atoms with Gasteiger partial charge in [-0.3, -0.25) is 0 Å². The summed E-state index contributed by atoms with van der Waals surface area (Å²) in [5.41, 5.74) is 5.73. The van der Waals surface area contributed by atoms with Crippen molar-refractivity contribution in [1.82, 2.24) is 0 Å². The third-order valence-electron chi connectivity index (χ3n) is 2.78. The van der Waals surface area contributed by atoms with E-state index < -0.39 is 11.5 Å². The lowest BCUT2D eigenvalue weighted by molar-refractivity contribution is 0.0161. The van der Waals surface area contributed by atoms with Crippen molar-refractivity contribution in [2.75, 3.05) is 0 Å². The lowest BCUT2D eigenvalue weighted by atomic mass is 9.95. The summed E-state index contributed by atoms with van der Waals surface area (Å²) in [4.78, 5) is 0. The molecule has 82 valence electrons. The molecule has 2 rings (SSSR count). The van der Waals surface area contributed by atoms with Gasteiger partial charge in [-0.15, -0.1) is 0 Å². The van der Waals surface area contributed by atoms with E-state index in [9.17, 15) is 8.78 Å². The number of halogens is 3. The molecule has 0 spiro atoms. The third-order valence-corrected chi connectivity index (χ3v) is 3.09. The zero-order valence-corrected chi connectivity index (χ0v) is 9.11. The van der Waals surface area contributed by atoms with Gasteiger partial charge in [0, 0.05) is 18.0 Å². The van der Waals surface area contributed by atoms with Crippen LogP contribution in [0.3, 0.4) is 0 Å². The Hall–Kier alpha value is -0.670. The average molecular weight is 232 g/mol. The highest BCUT2D eigenvalue weighted by Gasteiger charge is 2.45. The van der Waals surface area contributed by atoms with E-state index >= 15 is 0 Å². The van der Waals surface area contributed by atoms with Gasteiger partial charge >= 0.3 is 0 Å². The van der Waals surface area contributed by atoms with Crippen LogP contribution in [0.5, 0.6) is 0 Å². The van der Waals surface area contributed by atoms with E-state index in [1.54, 1.807) is 12.1 Å². The first-order valence-corrected chi connectivity index (χ1v) is 5.18. The van der Waals surface area contributed by atoms with Gasteiger partial charge in [0.2, 0.25) is 0 Å². The molecule has 0 radical (unpaired) electrons. The van der Waals surface area contributed by atoms with Crippen LogP contribution in [0.25, 0.3) is 0 Å². The maximum Gasteiger partial charge on any atom is 0.272 e. The fourth-order valence-corrected chi connectivity index (χ4v) is 2.13. The minimum Gasteiger partial charge on any atom is -0.321 e. The molecule has 0 aliphatic heterocycles. The number of alkyl halides is 2. The minimum absolute atomic E-state index is 0.0942. The monoisotopic (exact) mass is 231 g/mol. The molecule has 1 aromatic carbocycles. The molecule has 1 aliphatic carbocycles. The molecule has 0 unspecified atom stereocenters. The molecule has 0 aromatic heterocycles. The molecular weight excluding hydrogens is 220 g/mol. The first-order chi connectivity index (χ1) is 6.84. The van der Waals surface area contributed by atoms with E-state index in [-0.39, 0.29) is 10.6 Å². The SMILES string of the molecule is CC(F)(F)c1c(Cl)cccc1C1(N)CC1. The Morgan fingerprint density at radius 1 is 1.40 bits per heavy atom. The molecule has 0 atom stereocenters. The van der Waals surface area contributed by atoms with Crippen LogP contribution in [0.4, 0.5) is 8.78 Å². The van der Waals surface area contributed by atoms with E-state index in [1.807, 2.05) is 0 Å². The molecule has 1 saturated carbocycles. The second kappa shape index (κ2) is 3.16. The molecule has 1 fully saturated rings. The third kappa shape index (κ3) is 1.86. The van der Waals surface area contributed by atoms with Gasteiger partial charge < -0.3 is 5.73 Å². The first-order valence-electron chi connectivity index (χ1n) is 4.81. The average Bonchev–Trinajstić information content (AvgIpc) is 2.82. The van der Waals surface area contributed by atoms with Crippen LogP contribution in [0.1, 0.15) is 30.9 Å². The number of hydrogen-bond donors (Lipinski definition) is 1. The number of rotatable bonds is 2.